The Hall–Kier alpha value is -1.57. The van der Waals surface area contributed by atoms with Crippen molar-refractivity contribution < 1.29 is 9.92 Å². The van der Waals surface area contributed by atoms with Crippen molar-refractivity contribution in [3.63, 3.8) is 0 Å². The maximum Gasteiger partial charge on any atom is 0.294 e. The molecule has 0 amide bonds. The number of piperazine rings is 1. The first-order chi connectivity index (χ1) is 13.6. The molecular formula is C20H33ClN4O3. The highest BCUT2D eigenvalue weighted by atomic mass is 35.5. The summed E-state index contributed by atoms with van der Waals surface area (Å²) in [7, 11) is 0. The van der Waals surface area contributed by atoms with Crippen molar-refractivity contribution in [3.8, 4) is 0 Å². The second-order valence-electron chi connectivity index (χ2n) is 7.30. The summed E-state index contributed by atoms with van der Waals surface area (Å²) >= 11 is 5.89. The minimum atomic E-state index is -0.713. The third-order valence-electron chi connectivity index (χ3n) is 5.10. The number of anilines is 1. The third kappa shape index (κ3) is 10.1. The van der Waals surface area contributed by atoms with Crippen molar-refractivity contribution in [1.82, 2.24) is 9.80 Å². The van der Waals surface area contributed by atoms with E-state index in [9.17, 15) is 10.1 Å². The van der Waals surface area contributed by atoms with Crippen LogP contribution in [0.5, 0.6) is 0 Å². The fourth-order valence-electron chi connectivity index (χ4n) is 3.43. The number of hydrogen-bond donors (Lipinski definition) is 1. The van der Waals surface area contributed by atoms with Crippen molar-refractivity contribution in [2.75, 3.05) is 57.7 Å². The third-order valence-corrected chi connectivity index (χ3v) is 5.36. The van der Waals surface area contributed by atoms with Crippen molar-refractivity contribution in [2.45, 2.75) is 38.5 Å². The van der Waals surface area contributed by atoms with Crippen LogP contribution in [0.15, 0.2) is 24.3 Å². The van der Waals surface area contributed by atoms with Crippen molar-refractivity contribution in [1.29, 1.82) is 0 Å². The molecule has 8 heteroatoms. The van der Waals surface area contributed by atoms with Crippen LogP contribution in [0.1, 0.15) is 38.5 Å². The fourth-order valence-corrected chi connectivity index (χ4v) is 3.55. The average molecular weight is 413 g/mol. The molecule has 0 aromatic heterocycles. The number of halogens is 1. The molecule has 1 fully saturated rings. The molecule has 0 unspecified atom stereocenters. The molecule has 0 atom stereocenters. The Morgan fingerprint density at radius 2 is 1.50 bits per heavy atom. The molecule has 1 aromatic carbocycles. The molecule has 1 saturated heterocycles. The SMILES string of the molecule is O=[N+]([O-])OCCCCCCN1CCN(CCCCNc2ccc(Cl)cc2)CC1. The Kier molecular flexibility index (Phi) is 11.0. The largest absolute Gasteiger partial charge is 0.385 e. The Bertz CT molecular complexity index is 551. The molecule has 28 heavy (non-hydrogen) atoms. The number of nitrogens with zero attached hydrogens (tertiary/aromatic N) is 3. The standard InChI is InChI=1S/C20H33ClN4O3/c21-19-7-9-20(10-8-19)22-11-3-5-13-24-16-14-23(15-17-24)12-4-1-2-6-18-28-25(26)27/h7-10,22H,1-6,11-18H2. The zero-order chi connectivity index (χ0) is 20.0. The highest BCUT2D eigenvalue weighted by molar-refractivity contribution is 6.30. The average Bonchev–Trinajstić information content (AvgIpc) is 2.69. The smallest absolute Gasteiger partial charge is 0.294 e. The highest BCUT2D eigenvalue weighted by Crippen LogP contribution is 2.13. The van der Waals surface area contributed by atoms with E-state index in [2.05, 4.69) is 20.0 Å². The summed E-state index contributed by atoms with van der Waals surface area (Å²) in [6.07, 6.45) is 6.42. The first-order valence-electron chi connectivity index (χ1n) is 10.3. The van der Waals surface area contributed by atoms with E-state index in [4.69, 9.17) is 11.6 Å². The van der Waals surface area contributed by atoms with Gasteiger partial charge < -0.3 is 20.0 Å². The minimum Gasteiger partial charge on any atom is -0.385 e. The summed E-state index contributed by atoms with van der Waals surface area (Å²) in [4.78, 5) is 19.5. The highest BCUT2D eigenvalue weighted by Gasteiger charge is 2.15. The molecule has 0 spiro atoms. The predicted molar refractivity (Wildman–Crippen MR) is 113 cm³/mol. The second kappa shape index (κ2) is 13.6. The lowest BCUT2D eigenvalue weighted by Crippen LogP contribution is -2.46. The Morgan fingerprint density at radius 1 is 0.929 bits per heavy atom. The summed E-state index contributed by atoms with van der Waals surface area (Å²) in [6, 6.07) is 7.85. The van der Waals surface area contributed by atoms with Crippen LogP contribution in [0.25, 0.3) is 0 Å². The maximum atomic E-state index is 10.1. The van der Waals surface area contributed by atoms with Gasteiger partial charge in [-0.1, -0.05) is 24.4 Å². The van der Waals surface area contributed by atoms with E-state index >= 15 is 0 Å². The van der Waals surface area contributed by atoms with E-state index in [-0.39, 0.29) is 6.61 Å². The lowest BCUT2D eigenvalue weighted by Gasteiger charge is -2.34. The Balaban J connectivity index is 1.41. The number of nitrogens with one attached hydrogen (secondary N) is 1. The van der Waals surface area contributed by atoms with Gasteiger partial charge >= 0.3 is 0 Å². The van der Waals surface area contributed by atoms with Crippen LogP contribution in [0.2, 0.25) is 5.02 Å². The van der Waals surface area contributed by atoms with Gasteiger partial charge in [0, 0.05) is 43.4 Å². The molecule has 2 rings (SSSR count). The lowest BCUT2D eigenvalue weighted by molar-refractivity contribution is -0.757. The van der Waals surface area contributed by atoms with Crippen LogP contribution in [0.4, 0.5) is 5.69 Å². The first kappa shape index (κ1) is 22.7. The van der Waals surface area contributed by atoms with Crippen molar-refractivity contribution in [3.05, 3.63) is 39.4 Å². The van der Waals surface area contributed by atoms with Gasteiger partial charge in [0.15, 0.2) is 0 Å². The number of hydrogen-bond acceptors (Lipinski definition) is 6. The molecule has 1 N–H and O–H groups in total. The van der Waals surface area contributed by atoms with Crippen LogP contribution in [0.3, 0.4) is 0 Å². The fraction of sp³-hybridized carbons (Fsp3) is 0.700. The van der Waals surface area contributed by atoms with E-state index in [0.29, 0.717) is 0 Å². The van der Waals surface area contributed by atoms with Gasteiger partial charge in [-0.25, -0.2) is 0 Å². The molecule has 1 aromatic rings. The Morgan fingerprint density at radius 3 is 2.11 bits per heavy atom. The zero-order valence-electron chi connectivity index (χ0n) is 16.7. The van der Waals surface area contributed by atoms with Gasteiger partial charge in [0.1, 0.15) is 0 Å². The van der Waals surface area contributed by atoms with Gasteiger partial charge in [-0.3, -0.25) is 0 Å². The van der Waals surface area contributed by atoms with Crippen LogP contribution in [0, 0.1) is 10.1 Å². The molecule has 0 saturated carbocycles. The molecule has 1 heterocycles. The summed E-state index contributed by atoms with van der Waals surface area (Å²) < 4.78 is 0. The van der Waals surface area contributed by atoms with E-state index in [1.165, 1.54) is 19.4 Å². The van der Waals surface area contributed by atoms with Crippen LogP contribution in [-0.4, -0.2) is 67.3 Å². The van der Waals surface area contributed by atoms with E-state index < -0.39 is 5.09 Å². The van der Waals surface area contributed by atoms with Gasteiger partial charge in [0.25, 0.3) is 5.09 Å². The van der Waals surface area contributed by atoms with Gasteiger partial charge in [0.05, 0.1) is 6.61 Å². The molecule has 0 aliphatic carbocycles. The van der Waals surface area contributed by atoms with Gasteiger partial charge in [-0.2, -0.15) is 0 Å². The van der Waals surface area contributed by atoms with Crippen molar-refractivity contribution in [2.24, 2.45) is 0 Å². The number of rotatable bonds is 14. The number of benzene rings is 1. The predicted octanol–water partition coefficient (Wildman–Crippen LogP) is 3.92. The lowest BCUT2D eigenvalue weighted by atomic mass is 10.2. The second-order valence-corrected chi connectivity index (χ2v) is 7.73. The summed E-state index contributed by atoms with van der Waals surface area (Å²) in [5.41, 5.74) is 1.13. The first-order valence-corrected chi connectivity index (χ1v) is 10.7. The van der Waals surface area contributed by atoms with Gasteiger partial charge in [-0.15, -0.1) is 10.1 Å². The van der Waals surface area contributed by atoms with Crippen LogP contribution >= 0.6 is 11.6 Å². The molecule has 7 nitrogen and oxygen atoms in total. The van der Waals surface area contributed by atoms with Crippen LogP contribution < -0.4 is 5.32 Å². The minimum absolute atomic E-state index is 0.223. The normalized spacial score (nSPS) is 15.5. The van der Waals surface area contributed by atoms with E-state index in [1.807, 2.05) is 24.3 Å². The van der Waals surface area contributed by atoms with Crippen molar-refractivity contribution >= 4 is 17.3 Å². The summed E-state index contributed by atoms with van der Waals surface area (Å²) in [6.45, 7) is 8.13. The van der Waals surface area contributed by atoms with E-state index in [0.717, 1.165) is 75.7 Å². The quantitative estimate of drug-likeness (QED) is 0.283. The number of unbranched alkanes of at least 4 members (excludes halogenated alkanes) is 4. The van der Waals surface area contributed by atoms with Crippen LogP contribution in [-0.2, 0) is 4.84 Å². The molecule has 1 aliphatic heterocycles. The summed E-state index contributed by atoms with van der Waals surface area (Å²) in [5, 5.41) is 13.5. The zero-order valence-corrected chi connectivity index (χ0v) is 17.4. The molecular weight excluding hydrogens is 380 g/mol. The summed E-state index contributed by atoms with van der Waals surface area (Å²) in [5.74, 6) is 0. The van der Waals surface area contributed by atoms with E-state index in [1.54, 1.807) is 0 Å². The molecule has 0 bridgehead atoms. The molecule has 158 valence electrons. The van der Waals surface area contributed by atoms with Gasteiger partial charge in [0.2, 0.25) is 0 Å². The monoisotopic (exact) mass is 412 g/mol. The maximum absolute atomic E-state index is 10.1. The molecule has 1 aliphatic rings. The van der Waals surface area contributed by atoms with Gasteiger partial charge in [-0.05, 0) is 63.0 Å². The molecule has 0 radical (unpaired) electrons. The Labute approximate surface area is 173 Å². The topological polar surface area (TPSA) is 70.9 Å².